The molecule has 0 spiro atoms. The van der Waals surface area contributed by atoms with Crippen molar-refractivity contribution in [2.75, 3.05) is 6.61 Å². The molecular weight excluding hydrogens is 236 g/mol. The molecule has 1 aliphatic carbocycles. The predicted molar refractivity (Wildman–Crippen MR) is 66.3 cm³/mol. The highest BCUT2D eigenvalue weighted by atomic mass is 16.4. The quantitative estimate of drug-likeness (QED) is 0.426. The zero-order chi connectivity index (χ0) is 13.1. The first-order chi connectivity index (χ1) is 8.63. The second kappa shape index (κ2) is 5.97. The Kier molecular flexibility index (Phi) is 4.55. The van der Waals surface area contributed by atoms with Gasteiger partial charge in [-0.3, -0.25) is 4.99 Å². The zero-order valence-electron chi connectivity index (χ0n) is 10.4. The van der Waals surface area contributed by atoms with Gasteiger partial charge in [-0.05, 0) is 12.8 Å². The van der Waals surface area contributed by atoms with E-state index in [4.69, 9.17) is 5.11 Å². The van der Waals surface area contributed by atoms with Crippen molar-refractivity contribution in [3.63, 3.8) is 0 Å². The Hall–Kier alpha value is -0.690. The lowest BCUT2D eigenvalue weighted by Gasteiger charge is -2.35. The summed E-state index contributed by atoms with van der Waals surface area (Å²) in [6, 6.07) is -0.511. The molecule has 0 aromatic carbocycles. The van der Waals surface area contributed by atoms with Crippen molar-refractivity contribution in [1.29, 1.82) is 0 Å². The Bertz CT molecular complexity index is 304. The molecule has 0 aromatic heterocycles. The summed E-state index contributed by atoms with van der Waals surface area (Å²) >= 11 is 0. The first kappa shape index (κ1) is 13.7. The summed E-state index contributed by atoms with van der Waals surface area (Å²) in [5, 5.41) is 41.5. The summed E-state index contributed by atoms with van der Waals surface area (Å²) in [5.41, 5.74) is 0. The van der Waals surface area contributed by atoms with E-state index in [0.29, 0.717) is 5.84 Å². The zero-order valence-corrected chi connectivity index (χ0v) is 10.4. The van der Waals surface area contributed by atoms with Gasteiger partial charge in [0.25, 0.3) is 0 Å². The van der Waals surface area contributed by atoms with Crippen LogP contribution >= 0.6 is 0 Å². The van der Waals surface area contributed by atoms with E-state index >= 15 is 0 Å². The van der Waals surface area contributed by atoms with Crippen LogP contribution in [0.2, 0.25) is 0 Å². The summed E-state index contributed by atoms with van der Waals surface area (Å²) in [6.07, 6.45) is 1.85. The van der Waals surface area contributed by atoms with Gasteiger partial charge < -0.3 is 25.7 Å². The fourth-order valence-electron chi connectivity index (χ4n) is 2.64. The van der Waals surface area contributed by atoms with Crippen molar-refractivity contribution in [2.45, 2.75) is 62.5 Å². The Labute approximate surface area is 106 Å². The molecular formula is C12H22N2O4. The maximum atomic E-state index is 9.87. The van der Waals surface area contributed by atoms with E-state index in [2.05, 4.69) is 10.3 Å². The molecule has 1 heterocycles. The van der Waals surface area contributed by atoms with Gasteiger partial charge in [-0.15, -0.1) is 0 Å². The van der Waals surface area contributed by atoms with E-state index in [9.17, 15) is 15.3 Å². The summed E-state index contributed by atoms with van der Waals surface area (Å²) in [7, 11) is 0. The summed E-state index contributed by atoms with van der Waals surface area (Å²) in [4.78, 5) is 4.10. The Morgan fingerprint density at radius 2 is 1.72 bits per heavy atom. The molecule has 5 N–H and O–H groups in total. The highest BCUT2D eigenvalue weighted by Crippen LogP contribution is 2.20. The molecule has 2 aliphatic rings. The number of aliphatic hydroxyl groups excluding tert-OH is 4. The molecule has 0 bridgehead atoms. The molecule has 0 unspecified atom stereocenters. The highest BCUT2D eigenvalue weighted by Gasteiger charge is 2.39. The van der Waals surface area contributed by atoms with Crippen LogP contribution in [0.15, 0.2) is 4.99 Å². The molecule has 0 saturated heterocycles. The molecule has 1 fully saturated rings. The molecule has 1 saturated carbocycles. The van der Waals surface area contributed by atoms with E-state index in [1.165, 1.54) is 6.42 Å². The lowest BCUT2D eigenvalue weighted by atomic mass is 9.93. The van der Waals surface area contributed by atoms with Crippen LogP contribution in [0.25, 0.3) is 0 Å². The van der Waals surface area contributed by atoms with Gasteiger partial charge in [-0.1, -0.05) is 19.3 Å². The van der Waals surface area contributed by atoms with Crippen LogP contribution in [0, 0.1) is 0 Å². The molecule has 2 rings (SSSR count). The average molecular weight is 258 g/mol. The SMILES string of the molecule is OC[C@H]1N=C(NC2CCCCC2)[C@H](O)[C@@H](O)[C@H]1O. The number of hydrogen-bond acceptors (Lipinski definition) is 6. The number of nitrogens with one attached hydrogen (secondary N) is 1. The molecule has 104 valence electrons. The molecule has 6 nitrogen and oxygen atoms in total. The molecule has 0 aromatic rings. The molecule has 0 radical (unpaired) electrons. The third-order valence-corrected chi connectivity index (χ3v) is 3.80. The lowest BCUT2D eigenvalue weighted by Crippen LogP contribution is -2.57. The first-order valence-corrected chi connectivity index (χ1v) is 6.62. The van der Waals surface area contributed by atoms with E-state index < -0.39 is 24.4 Å². The summed E-state index contributed by atoms with van der Waals surface area (Å²) < 4.78 is 0. The number of aliphatic imine (C=N–C) groups is 1. The van der Waals surface area contributed by atoms with Crippen molar-refractivity contribution in [2.24, 2.45) is 4.99 Å². The van der Waals surface area contributed by atoms with E-state index in [1.54, 1.807) is 0 Å². The molecule has 4 atom stereocenters. The van der Waals surface area contributed by atoms with E-state index in [-0.39, 0.29) is 12.6 Å². The van der Waals surface area contributed by atoms with Gasteiger partial charge in [-0.2, -0.15) is 0 Å². The second-order valence-corrected chi connectivity index (χ2v) is 5.17. The monoisotopic (exact) mass is 258 g/mol. The van der Waals surface area contributed by atoms with Crippen molar-refractivity contribution in [3.05, 3.63) is 0 Å². The minimum absolute atomic E-state index is 0.258. The number of rotatable bonds is 2. The van der Waals surface area contributed by atoms with Gasteiger partial charge >= 0.3 is 0 Å². The van der Waals surface area contributed by atoms with Crippen LogP contribution in [0.3, 0.4) is 0 Å². The lowest BCUT2D eigenvalue weighted by molar-refractivity contribution is -0.0600. The van der Waals surface area contributed by atoms with Gasteiger partial charge in [-0.25, -0.2) is 0 Å². The van der Waals surface area contributed by atoms with Crippen molar-refractivity contribution >= 4 is 5.84 Å². The average Bonchev–Trinajstić information content (AvgIpc) is 2.40. The Balaban J connectivity index is 2.04. The number of hydrogen-bond donors (Lipinski definition) is 5. The van der Waals surface area contributed by atoms with E-state index in [0.717, 1.165) is 25.7 Å². The van der Waals surface area contributed by atoms with E-state index in [1.807, 2.05) is 0 Å². The highest BCUT2D eigenvalue weighted by molar-refractivity contribution is 5.88. The van der Waals surface area contributed by atoms with Crippen LogP contribution in [0.1, 0.15) is 32.1 Å². The van der Waals surface area contributed by atoms with Gasteiger partial charge in [0.1, 0.15) is 30.2 Å². The van der Waals surface area contributed by atoms with Crippen molar-refractivity contribution < 1.29 is 20.4 Å². The normalized spacial score (nSPS) is 38.3. The molecule has 18 heavy (non-hydrogen) atoms. The maximum absolute atomic E-state index is 9.87. The molecule has 1 aliphatic heterocycles. The van der Waals surface area contributed by atoms with Crippen LogP contribution in [-0.4, -0.2) is 63.3 Å². The van der Waals surface area contributed by atoms with Crippen LogP contribution in [0.4, 0.5) is 0 Å². The third-order valence-electron chi connectivity index (χ3n) is 3.80. The second-order valence-electron chi connectivity index (χ2n) is 5.17. The molecule has 6 heteroatoms. The first-order valence-electron chi connectivity index (χ1n) is 6.62. The third kappa shape index (κ3) is 2.83. The maximum Gasteiger partial charge on any atom is 0.139 e. The smallest absolute Gasteiger partial charge is 0.139 e. The van der Waals surface area contributed by atoms with Crippen LogP contribution in [0.5, 0.6) is 0 Å². The number of aliphatic hydroxyl groups is 4. The minimum atomic E-state index is -1.30. The van der Waals surface area contributed by atoms with Gasteiger partial charge in [0, 0.05) is 6.04 Å². The minimum Gasteiger partial charge on any atom is -0.394 e. The van der Waals surface area contributed by atoms with Crippen molar-refractivity contribution in [1.82, 2.24) is 5.32 Å². The number of nitrogens with zero attached hydrogens (tertiary/aromatic N) is 1. The fraction of sp³-hybridized carbons (Fsp3) is 0.917. The summed E-state index contributed by atoms with van der Waals surface area (Å²) in [6.45, 7) is -0.346. The predicted octanol–water partition coefficient (Wildman–Crippen LogP) is -1.24. The largest absolute Gasteiger partial charge is 0.394 e. The topological polar surface area (TPSA) is 105 Å². The Morgan fingerprint density at radius 3 is 2.33 bits per heavy atom. The van der Waals surface area contributed by atoms with Gasteiger partial charge in [0.05, 0.1) is 6.61 Å². The standard InChI is InChI=1S/C12H22N2O4/c15-6-8-9(16)10(17)11(18)12(14-8)13-7-4-2-1-3-5-7/h7-11,15-18H,1-6H2,(H,13,14)/t8-,9+,10+,11-/m1/s1. The van der Waals surface area contributed by atoms with Crippen LogP contribution < -0.4 is 5.32 Å². The molecule has 0 amide bonds. The van der Waals surface area contributed by atoms with Gasteiger partial charge in [0.2, 0.25) is 0 Å². The number of amidine groups is 1. The Morgan fingerprint density at radius 1 is 1.06 bits per heavy atom. The van der Waals surface area contributed by atoms with Crippen LogP contribution in [-0.2, 0) is 0 Å². The van der Waals surface area contributed by atoms with Crippen molar-refractivity contribution in [3.8, 4) is 0 Å². The summed E-state index contributed by atoms with van der Waals surface area (Å²) in [5.74, 6) is 0.291. The fourth-order valence-corrected chi connectivity index (χ4v) is 2.64. The van der Waals surface area contributed by atoms with Gasteiger partial charge in [0.15, 0.2) is 0 Å².